The Balaban J connectivity index is 1.47. The van der Waals surface area contributed by atoms with E-state index in [1.54, 1.807) is 25.1 Å². The van der Waals surface area contributed by atoms with Crippen LogP contribution in [0.25, 0.3) is 11.1 Å². The lowest BCUT2D eigenvalue weighted by atomic mass is 9.73. The van der Waals surface area contributed by atoms with Crippen LogP contribution in [0.1, 0.15) is 38.5 Å². The van der Waals surface area contributed by atoms with Crippen molar-refractivity contribution < 1.29 is 18.8 Å². The van der Waals surface area contributed by atoms with Gasteiger partial charge in [0, 0.05) is 12.6 Å². The van der Waals surface area contributed by atoms with E-state index in [-0.39, 0.29) is 18.4 Å². The number of carbonyl (C=O) groups excluding carboxylic acids is 3. The molecule has 0 radical (unpaired) electrons. The van der Waals surface area contributed by atoms with Crippen LogP contribution < -0.4 is 10.6 Å². The Morgan fingerprint density at radius 3 is 3.00 bits per heavy atom. The van der Waals surface area contributed by atoms with Crippen LogP contribution in [0.4, 0.5) is 10.5 Å². The van der Waals surface area contributed by atoms with E-state index in [0.717, 1.165) is 24.2 Å². The number of hydrogen-bond donors (Lipinski definition) is 2. The number of urea groups is 1. The molecule has 2 heterocycles. The molecule has 1 aromatic carbocycles. The number of nitrogens with zero attached hydrogens (tertiary/aromatic N) is 2. The van der Waals surface area contributed by atoms with Gasteiger partial charge in [0.05, 0.1) is 0 Å². The molecule has 4 amide bonds. The van der Waals surface area contributed by atoms with E-state index in [1.165, 1.54) is 0 Å². The molecule has 1 spiro atoms. The van der Waals surface area contributed by atoms with Crippen LogP contribution in [0.5, 0.6) is 0 Å². The van der Waals surface area contributed by atoms with Crippen LogP contribution in [0.2, 0.25) is 0 Å². The number of aryl methyl sites for hydroxylation is 1. The fraction of sp³-hybridized carbons (Fsp3) is 0.474. The first kappa shape index (κ1) is 17.5. The van der Waals surface area contributed by atoms with E-state index in [0.29, 0.717) is 29.1 Å². The Morgan fingerprint density at radius 1 is 1.41 bits per heavy atom. The zero-order chi connectivity index (χ0) is 19.2. The van der Waals surface area contributed by atoms with Crippen molar-refractivity contribution in [2.24, 2.45) is 5.92 Å². The molecule has 1 aliphatic carbocycles. The molecule has 27 heavy (non-hydrogen) atoms. The molecule has 8 nitrogen and oxygen atoms in total. The molecule has 1 saturated heterocycles. The lowest BCUT2D eigenvalue weighted by Crippen LogP contribution is -2.54. The number of fused-ring (bicyclic) bond motifs is 1. The number of rotatable bonds is 3. The predicted molar refractivity (Wildman–Crippen MR) is 98.0 cm³/mol. The zero-order valence-electron chi connectivity index (χ0n) is 15.4. The lowest BCUT2D eigenvalue weighted by Gasteiger charge is -2.36. The maximum absolute atomic E-state index is 12.9. The summed E-state index contributed by atoms with van der Waals surface area (Å²) in [7, 11) is 0. The predicted octanol–water partition coefficient (Wildman–Crippen LogP) is 2.58. The van der Waals surface area contributed by atoms with E-state index in [2.05, 4.69) is 15.6 Å². The minimum absolute atomic E-state index is 0.0635. The van der Waals surface area contributed by atoms with Gasteiger partial charge >= 0.3 is 6.03 Å². The topological polar surface area (TPSA) is 105 Å². The second kappa shape index (κ2) is 6.37. The average molecular weight is 370 g/mol. The van der Waals surface area contributed by atoms with Crippen LogP contribution in [0, 0.1) is 12.8 Å². The second-order valence-corrected chi connectivity index (χ2v) is 7.40. The minimum atomic E-state index is -0.854. The van der Waals surface area contributed by atoms with Crippen molar-refractivity contribution in [2.45, 2.75) is 45.1 Å². The lowest BCUT2D eigenvalue weighted by molar-refractivity contribution is -0.136. The Hall–Kier alpha value is -2.90. The standard InChI is InChI=1S/C19H22N4O4/c1-11-5-3-4-8-19(11)17(25)23(18(26)22-19)10-16(24)21-13-6-7-15-14(9-13)20-12(2)27-15/h6-7,9,11H,3-5,8,10H2,1-2H3,(H,21,24)(H,22,26)/t11-,19-/m1/s1. The summed E-state index contributed by atoms with van der Waals surface area (Å²) in [5.41, 5.74) is 0.948. The number of oxazole rings is 1. The van der Waals surface area contributed by atoms with Crippen LogP contribution in [0.15, 0.2) is 22.6 Å². The molecule has 2 N–H and O–H groups in total. The monoisotopic (exact) mass is 370 g/mol. The highest BCUT2D eigenvalue weighted by Crippen LogP contribution is 2.38. The third-order valence-corrected chi connectivity index (χ3v) is 5.58. The van der Waals surface area contributed by atoms with Gasteiger partial charge in [-0.1, -0.05) is 19.8 Å². The minimum Gasteiger partial charge on any atom is -0.441 e. The first-order valence-corrected chi connectivity index (χ1v) is 9.20. The van der Waals surface area contributed by atoms with Gasteiger partial charge in [-0.2, -0.15) is 0 Å². The third kappa shape index (κ3) is 2.94. The number of amides is 4. The summed E-state index contributed by atoms with van der Waals surface area (Å²) in [6, 6.07) is 4.62. The Morgan fingerprint density at radius 2 is 2.22 bits per heavy atom. The van der Waals surface area contributed by atoms with Crippen molar-refractivity contribution in [3.05, 3.63) is 24.1 Å². The van der Waals surface area contributed by atoms with E-state index in [9.17, 15) is 14.4 Å². The number of nitrogens with one attached hydrogen (secondary N) is 2. The summed E-state index contributed by atoms with van der Waals surface area (Å²) in [6.45, 7) is 3.42. The second-order valence-electron chi connectivity index (χ2n) is 7.40. The van der Waals surface area contributed by atoms with Crippen LogP contribution in [-0.4, -0.2) is 39.8 Å². The Kier molecular flexibility index (Phi) is 4.13. The number of imide groups is 1. The molecule has 1 saturated carbocycles. The molecule has 8 heteroatoms. The third-order valence-electron chi connectivity index (χ3n) is 5.58. The zero-order valence-corrected chi connectivity index (χ0v) is 15.4. The van der Waals surface area contributed by atoms with Crippen molar-refractivity contribution in [3.8, 4) is 0 Å². The van der Waals surface area contributed by atoms with Gasteiger partial charge in [0.1, 0.15) is 17.6 Å². The molecule has 0 bridgehead atoms. The van der Waals surface area contributed by atoms with E-state index < -0.39 is 17.5 Å². The summed E-state index contributed by atoms with van der Waals surface area (Å²) in [5, 5.41) is 5.57. The number of anilines is 1. The molecule has 2 aliphatic rings. The summed E-state index contributed by atoms with van der Waals surface area (Å²) >= 11 is 0. The summed E-state index contributed by atoms with van der Waals surface area (Å²) in [4.78, 5) is 42.9. The highest BCUT2D eigenvalue weighted by molar-refractivity contribution is 6.10. The highest BCUT2D eigenvalue weighted by Gasteiger charge is 2.55. The molecule has 2 aromatic rings. The van der Waals surface area contributed by atoms with Gasteiger partial charge < -0.3 is 15.1 Å². The maximum Gasteiger partial charge on any atom is 0.325 e. The number of aromatic nitrogens is 1. The summed E-state index contributed by atoms with van der Waals surface area (Å²) in [5.74, 6) is -0.121. The van der Waals surface area contributed by atoms with Crippen molar-refractivity contribution in [1.29, 1.82) is 0 Å². The first-order chi connectivity index (χ1) is 12.9. The molecule has 142 valence electrons. The molecule has 1 aliphatic heterocycles. The molecule has 4 rings (SSSR count). The number of carbonyl (C=O) groups is 3. The van der Waals surface area contributed by atoms with Crippen molar-refractivity contribution in [2.75, 3.05) is 11.9 Å². The largest absolute Gasteiger partial charge is 0.441 e. The van der Waals surface area contributed by atoms with Crippen molar-refractivity contribution in [1.82, 2.24) is 15.2 Å². The molecule has 2 fully saturated rings. The molecular formula is C19H22N4O4. The SMILES string of the molecule is Cc1nc2cc(NC(=O)CN3C(=O)N[C@@]4(CCCC[C@H]4C)C3=O)ccc2o1. The normalized spacial score (nSPS) is 25.3. The van der Waals surface area contributed by atoms with Crippen molar-refractivity contribution in [3.63, 3.8) is 0 Å². The highest BCUT2D eigenvalue weighted by atomic mass is 16.3. The van der Waals surface area contributed by atoms with Gasteiger partial charge in [-0.25, -0.2) is 9.78 Å². The van der Waals surface area contributed by atoms with E-state index >= 15 is 0 Å². The molecule has 0 unspecified atom stereocenters. The fourth-order valence-corrected chi connectivity index (χ4v) is 4.10. The number of benzene rings is 1. The van der Waals surface area contributed by atoms with Gasteiger partial charge in [0.25, 0.3) is 5.91 Å². The van der Waals surface area contributed by atoms with E-state index in [1.807, 2.05) is 6.92 Å². The first-order valence-electron chi connectivity index (χ1n) is 9.20. The summed E-state index contributed by atoms with van der Waals surface area (Å²) < 4.78 is 5.41. The van der Waals surface area contributed by atoms with Gasteiger partial charge in [0.15, 0.2) is 11.5 Å². The van der Waals surface area contributed by atoms with Gasteiger partial charge in [0.2, 0.25) is 5.91 Å². The van der Waals surface area contributed by atoms with Gasteiger partial charge in [-0.15, -0.1) is 0 Å². The van der Waals surface area contributed by atoms with E-state index in [4.69, 9.17) is 4.42 Å². The van der Waals surface area contributed by atoms with Crippen molar-refractivity contribution >= 4 is 34.6 Å². The van der Waals surface area contributed by atoms with Gasteiger partial charge in [-0.05, 0) is 37.0 Å². The average Bonchev–Trinajstić information content (AvgIpc) is 3.10. The Labute approximate surface area is 156 Å². The van der Waals surface area contributed by atoms with Crippen LogP contribution in [0.3, 0.4) is 0 Å². The fourth-order valence-electron chi connectivity index (χ4n) is 4.10. The smallest absolute Gasteiger partial charge is 0.325 e. The van der Waals surface area contributed by atoms with Crippen LogP contribution in [-0.2, 0) is 9.59 Å². The molecule has 1 aromatic heterocycles. The molecule has 2 atom stereocenters. The number of hydrogen-bond acceptors (Lipinski definition) is 5. The van der Waals surface area contributed by atoms with Gasteiger partial charge in [-0.3, -0.25) is 14.5 Å². The summed E-state index contributed by atoms with van der Waals surface area (Å²) in [6.07, 6.45) is 3.46. The Bertz CT molecular complexity index is 937. The quantitative estimate of drug-likeness (QED) is 0.808. The molecular weight excluding hydrogens is 348 g/mol. The maximum atomic E-state index is 12.9. The van der Waals surface area contributed by atoms with Crippen LogP contribution >= 0.6 is 0 Å².